The lowest BCUT2D eigenvalue weighted by molar-refractivity contribution is 0.135. The summed E-state index contributed by atoms with van der Waals surface area (Å²) in [5, 5.41) is 2.85. The maximum absolute atomic E-state index is 13.6. The first-order chi connectivity index (χ1) is 11.7. The molecule has 5 nitrogen and oxygen atoms in total. The lowest BCUT2D eigenvalue weighted by Crippen LogP contribution is -2.46. The van der Waals surface area contributed by atoms with Gasteiger partial charge in [-0.1, -0.05) is 12.1 Å². The summed E-state index contributed by atoms with van der Waals surface area (Å²) in [5.74, 6) is 0.825. The van der Waals surface area contributed by atoms with Gasteiger partial charge >= 0.3 is 6.03 Å². The van der Waals surface area contributed by atoms with E-state index in [1.165, 1.54) is 6.07 Å². The van der Waals surface area contributed by atoms with Gasteiger partial charge in [-0.15, -0.1) is 0 Å². The van der Waals surface area contributed by atoms with E-state index in [1.807, 2.05) is 6.07 Å². The number of likely N-dealkylation sites (tertiary alicyclic amines) is 1. The molecule has 2 heterocycles. The number of para-hydroxylation sites is 1. The van der Waals surface area contributed by atoms with Gasteiger partial charge in [-0.05, 0) is 37.1 Å². The van der Waals surface area contributed by atoms with Crippen molar-refractivity contribution in [3.8, 4) is 5.75 Å². The van der Waals surface area contributed by atoms with E-state index < -0.39 is 0 Å². The average Bonchev–Trinajstić information content (AvgIpc) is 3.13. The predicted molar refractivity (Wildman–Crippen MR) is 87.1 cm³/mol. The number of rotatable bonds is 5. The number of piperidine rings is 1. The van der Waals surface area contributed by atoms with Crippen LogP contribution in [0, 0.1) is 11.7 Å². The molecule has 1 aromatic heterocycles. The molecule has 1 aliphatic rings. The zero-order valence-corrected chi connectivity index (χ0v) is 13.4. The summed E-state index contributed by atoms with van der Waals surface area (Å²) in [6.45, 7) is 2.11. The molecule has 0 aliphatic carbocycles. The molecule has 1 fully saturated rings. The van der Waals surface area contributed by atoms with E-state index in [2.05, 4.69) is 5.32 Å². The van der Waals surface area contributed by atoms with Crippen molar-refractivity contribution < 1.29 is 18.3 Å². The fourth-order valence-electron chi connectivity index (χ4n) is 2.84. The molecule has 0 radical (unpaired) electrons. The van der Waals surface area contributed by atoms with Crippen molar-refractivity contribution in [2.75, 3.05) is 19.7 Å². The minimum atomic E-state index is -0.360. The van der Waals surface area contributed by atoms with Crippen molar-refractivity contribution in [1.29, 1.82) is 0 Å². The lowest BCUT2D eigenvalue weighted by Gasteiger charge is -2.32. The summed E-state index contributed by atoms with van der Waals surface area (Å²) in [6.07, 6.45) is 3.47. The van der Waals surface area contributed by atoms with Crippen molar-refractivity contribution >= 4 is 6.03 Å². The monoisotopic (exact) mass is 332 g/mol. The fraction of sp³-hybridized carbons (Fsp3) is 0.389. The number of hydrogen-bond donors (Lipinski definition) is 1. The molecule has 2 aromatic rings. The van der Waals surface area contributed by atoms with E-state index >= 15 is 0 Å². The van der Waals surface area contributed by atoms with Gasteiger partial charge in [0.05, 0.1) is 19.4 Å². The van der Waals surface area contributed by atoms with Gasteiger partial charge in [-0.2, -0.15) is 0 Å². The summed E-state index contributed by atoms with van der Waals surface area (Å²) >= 11 is 0. The highest BCUT2D eigenvalue weighted by molar-refractivity contribution is 5.74. The summed E-state index contributed by atoms with van der Waals surface area (Å²) in [4.78, 5) is 14.0. The first-order valence-electron chi connectivity index (χ1n) is 8.15. The molecule has 0 unspecified atom stereocenters. The zero-order chi connectivity index (χ0) is 16.8. The number of ether oxygens (including phenoxy) is 1. The van der Waals surface area contributed by atoms with Crippen LogP contribution in [-0.4, -0.2) is 30.6 Å². The summed E-state index contributed by atoms with van der Waals surface area (Å²) in [7, 11) is 0. The number of nitrogens with one attached hydrogen (secondary N) is 1. The van der Waals surface area contributed by atoms with Crippen molar-refractivity contribution in [2.45, 2.75) is 19.4 Å². The number of hydrogen-bond acceptors (Lipinski definition) is 3. The number of nitrogens with zero attached hydrogens (tertiary/aromatic N) is 1. The Hall–Kier alpha value is -2.50. The minimum absolute atomic E-state index is 0.109. The van der Waals surface area contributed by atoms with Crippen LogP contribution in [0.2, 0.25) is 0 Å². The van der Waals surface area contributed by atoms with E-state index in [-0.39, 0.29) is 23.5 Å². The van der Waals surface area contributed by atoms with Gasteiger partial charge in [0.2, 0.25) is 0 Å². The van der Waals surface area contributed by atoms with E-state index in [9.17, 15) is 9.18 Å². The maximum atomic E-state index is 13.6. The summed E-state index contributed by atoms with van der Waals surface area (Å²) < 4.78 is 24.4. The van der Waals surface area contributed by atoms with Gasteiger partial charge in [-0.3, -0.25) is 0 Å². The number of urea groups is 1. The largest absolute Gasteiger partial charge is 0.490 e. The molecule has 1 N–H and O–H groups in total. The van der Waals surface area contributed by atoms with Crippen LogP contribution in [0.3, 0.4) is 0 Å². The smallest absolute Gasteiger partial charge is 0.317 e. The predicted octanol–water partition coefficient (Wildman–Crippen LogP) is 3.42. The lowest BCUT2D eigenvalue weighted by atomic mass is 9.99. The van der Waals surface area contributed by atoms with Gasteiger partial charge in [0.1, 0.15) is 5.76 Å². The molecule has 0 spiro atoms. The van der Waals surface area contributed by atoms with Crippen LogP contribution in [0.1, 0.15) is 18.6 Å². The van der Waals surface area contributed by atoms with Crippen LogP contribution in [0.4, 0.5) is 9.18 Å². The SMILES string of the molecule is O=C(NCc1ccco1)N1CCC[C@H](COc2ccccc2F)C1. The van der Waals surface area contributed by atoms with E-state index in [4.69, 9.17) is 9.15 Å². The van der Waals surface area contributed by atoms with Gasteiger partial charge in [-0.25, -0.2) is 9.18 Å². The average molecular weight is 332 g/mol. The number of carbonyl (C=O) groups excluding carboxylic acids is 1. The van der Waals surface area contributed by atoms with Crippen molar-refractivity contribution in [1.82, 2.24) is 10.2 Å². The third-order valence-electron chi connectivity index (χ3n) is 4.11. The molecule has 24 heavy (non-hydrogen) atoms. The van der Waals surface area contributed by atoms with E-state index in [0.29, 0.717) is 19.7 Å². The Bertz CT molecular complexity index is 660. The molecule has 6 heteroatoms. The molecule has 1 saturated heterocycles. The molecule has 2 amide bonds. The van der Waals surface area contributed by atoms with Crippen LogP contribution in [0.15, 0.2) is 47.1 Å². The molecule has 1 aromatic carbocycles. The van der Waals surface area contributed by atoms with Crippen LogP contribution in [-0.2, 0) is 6.54 Å². The molecular weight excluding hydrogens is 311 g/mol. The van der Waals surface area contributed by atoms with Gasteiger partial charge < -0.3 is 19.4 Å². The summed E-state index contributed by atoms with van der Waals surface area (Å²) in [5.41, 5.74) is 0. The van der Waals surface area contributed by atoms with E-state index in [1.54, 1.807) is 35.4 Å². The molecule has 3 rings (SSSR count). The van der Waals surface area contributed by atoms with Crippen LogP contribution in [0.5, 0.6) is 5.75 Å². The first kappa shape index (κ1) is 16.4. The first-order valence-corrected chi connectivity index (χ1v) is 8.15. The Kier molecular flexibility index (Phi) is 5.36. The standard InChI is InChI=1S/C18H21FN2O3/c19-16-7-1-2-8-17(16)24-13-14-5-3-9-21(12-14)18(22)20-11-15-6-4-10-23-15/h1-2,4,6-8,10,14H,3,5,9,11-13H2,(H,20,22)/t14-/m0/s1. The topological polar surface area (TPSA) is 54.7 Å². The molecule has 128 valence electrons. The minimum Gasteiger partial charge on any atom is -0.490 e. The number of benzene rings is 1. The fourth-order valence-corrected chi connectivity index (χ4v) is 2.84. The van der Waals surface area contributed by atoms with Gasteiger partial charge in [0, 0.05) is 19.0 Å². The summed E-state index contributed by atoms with van der Waals surface area (Å²) in [6, 6.07) is 9.88. The Morgan fingerprint density at radius 3 is 3.00 bits per heavy atom. The molecular formula is C18H21FN2O3. The van der Waals surface area contributed by atoms with Crippen molar-refractivity contribution in [3.05, 3.63) is 54.2 Å². The number of amides is 2. The van der Waals surface area contributed by atoms with Gasteiger partial charge in [0.25, 0.3) is 0 Å². The number of carbonyl (C=O) groups is 1. The normalized spacial score (nSPS) is 17.5. The third-order valence-corrected chi connectivity index (χ3v) is 4.11. The number of furan rings is 1. The third kappa shape index (κ3) is 4.28. The molecule has 0 bridgehead atoms. The van der Waals surface area contributed by atoms with E-state index in [0.717, 1.165) is 25.1 Å². The highest BCUT2D eigenvalue weighted by Crippen LogP contribution is 2.20. The molecule has 0 saturated carbocycles. The Balaban J connectivity index is 1.47. The Morgan fingerprint density at radius 2 is 2.21 bits per heavy atom. The van der Waals surface area contributed by atoms with Crippen LogP contribution < -0.4 is 10.1 Å². The number of halogens is 1. The second-order valence-corrected chi connectivity index (χ2v) is 5.93. The second kappa shape index (κ2) is 7.86. The second-order valence-electron chi connectivity index (χ2n) is 5.93. The quantitative estimate of drug-likeness (QED) is 0.913. The van der Waals surface area contributed by atoms with Gasteiger partial charge in [0.15, 0.2) is 11.6 Å². The highest BCUT2D eigenvalue weighted by Gasteiger charge is 2.24. The Labute approximate surface area is 140 Å². The van der Waals surface area contributed by atoms with Crippen LogP contribution in [0.25, 0.3) is 0 Å². The molecule has 1 aliphatic heterocycles. The van der Waals surface area contributed by atoms with Crippen molar-refractivity contribution in [3.63, 3.8) is 0 Å². The maximum Gasteiger partial charge on any atom is 0.317 e. The van der Waals surface area contributed by atoms with Crippen LogP contribution >= 0.6 is 0 Å². The zero-order valence-electron chi connectivity index (χ0n) is 13.4. The Morgan fingerprint density at radius 1 is 1.33 bits per heavy atom. The highest BCUT2D eigenvalue weighted by atomic mass is 19.1. The van der Waals surface area contributed by atoms with Crippen molar-refractivity contribution in [2.24, 2.45) is 5.92 Å². The molecule has 1 atom stereocenters.